The Hall–Kier alpha value is -0.660. The van der Waals surface area contributed by atoms with Crippen molar-refractivity contribution in [3.8, 4) is 0 Å². The molecule has 0 aromatic carbocycles. The molecule has 0 spiro atoms. The molecule has 0 unspecified atom stereocenters. The summed E-state index contributed by atoms with van der Waals surface area (Å²) >= 11 is 0. The van der Waals surface area contributed by atoms with Gasteiger partial charge in [0.25, 0.3) is 0 Å². The van der Waals surface area contributed by atoms with Gasteiger partial charge in [-0.15, -0.1) is 0 Å². The molecule has 4 saturated carbocycles. The molecule has 2 nitrogen and oxygen atoms in total. The first-order chi connectivity index (χ1) is 11.3. The maximum absolute atomic E-state index is 12.4. The van der Waals surface area contributed by atoms with Crippen LogP contribution >= 0.6 is 0 Å². The largest absolute Gasteiger partial charge is 0.300 e. The van der Waals surface area contributed by atoms with Crippen molar-refractivity contribution < 1.29 is 9.59 Å². The molecule has 8 atom stereocenters. The van der Waals surface area contributed by atoms with Crippen LogP contribution in [0.15, 0.2) is 0 Å². The molecule has 0 aromatic heterocycles. The second kappa shape index (κ2) is 5.42. The lowest BCUT2D eigenvalue weighted by Crippen LogP contribution is -2.53. The van der Waals surface area contributed by atoms with Gasteiger partial charge in [-0.2, -0.15) is 0 Å². The zero-order valence-electron chi connectivity index (χ0n) is 15.9. The fourth-order valence-corrected chi connectivity index (χ4v) is 8.27. The van der Waals surface area contributed by atoms with Crippen molar-refractivity contribution in [1.82, 2.24) is 0 Å². The van der Waals surface area contributed by atoms with Crippen LogP contribution < -0.4 is 0 Å². The molecule has 0 N–H and O–H groups in total. The third-order valence-electron chi connectivity index (χ3n) is 9.26. The average molecular weight is 331 g/mol. The second-order valence-corrected chi connectivity index (χ2v) is 10.2. The molecule has 2 heteroatoms. The number of hydrogen-bond donors (Lipinski definition) is 0. The van der Waals surface area contributed by atoms with Gasteiger partial charge in [0.1, 0.15) is 11.6 Å². The topological polar surface area (TPSA) is 34.1 Å². The van der Waals surface area contributed by atoms with Crippen LogP contribution in [0.2, 0.25) is 0 Å². The van der Waals surface area contributed by atoms with Crippen molar-refractivity contribution in [3.05, 3.63) is 0 Å². The van der Waals surface area contributed by atoms with Gasteiger partial charge < -0.3 is 0 Å². The van der Waals surface area contributed by atoms with E-state index in [2.05, 4.69) is 20.8 Å². The van der Waals surface area contributed by atoms with E-state index in [-0.39, 0.29) is 11.3 Å². The lowest BCUT2D eigenvalue weighted by molar-refractivity contribution is -0.143. The molecule has 0 amide bonds. The summed E-state index contributed by atoms with van der Waals surface area (Å²) in [5.41, 5.74) is 0.621. The van der Waals surface area contributed by atoms with Crippen molar-refractivity contribution >= 4 is 11.6 Å². The second-order valence-electron chi connectivity index (χ2n) is 10.2. The van der Waals surface area contributed by atoms with E-state index in [4.69, 9.17) is 0 Å². The maximum Gasteiger partial charge on any atom is 0.133 e. The van der Waals surface area contributed by atoms with E-state index in [1.54, 1.807) is 0 Å². The SMILES string of the molecule is CC(=O)[C@H]1[C@H](C)C[C@H]2[C@@H]3CC[C@H]4CC(=O)CC[C@]4(C)[C@H]3CC[C@@]21C. The Labute approximate surface area is 147 Å². The molecule has 24 heavy (non-hydrogen) atoms. The van der Waals surface area contributed by atoms with Crippen molar-refractivity contribution in [2.75, 3.05) is 0 Å². The van der Waals surface area contributed by atoms with E-state index >= 15 is 0 Å². The van der Waals surface area contributed by atoms with Gasteiger partial charge in [0.05, 0.1) is 0 Å². The van der Waals surface area contributed by atoms with Crippen LogP contribution in [0.1, 0.15) is 79.1 Å². The molecule has 4 rings (SSSR count). The maximum atomic E-state index is 12.4. The van der Waals surface area contributed by atoms with Crippen molar-refractivity contribution in [3.63, 3.8) is 0 Å². The molecule has 0 aromatic rings. The smallest absolute Gasteiger partial charge is 0.133 e. The Kier molecular flexibility index (Phi) is 3.79. The summed E-state index contributed by atoms with van der Waals surface area (Å²) in [7, 11) is 0. The van der Waals surface area contributed by atoms with Gasteiger partial charge in [-0.3, -0.25) is 9.59 Å². The van der Waals surface area contributed by atoms with Crippen molar-refractivity contribution in [2.24, 2.45) is 46.3 Å². The van der Waals surface area contributed by atoms with Crippen LogP contribution in [-0.2, 0) is 9.59 Å². The van der Waals surface area contributed by atoms with Crippen LogP contribution in [0.5, 0.6) is 0 Å². The monoisotopic (exact) mass is 330 g/mol. The van der Waals surface area contributed by atoms with Gasteiger partial charge in [0.2, 0.25) is 0 Å². The molecule has 0 radical (unpaired) electrons. The van der Waals surface area contributed by atoms with Gasteiger partial charge in [0.15, 0.2) is 0 Å². The van der Waals surface area contributed by atoms with E-state index in [1.807, 2.05) is 6.92 Å². The number of carbonyl (C=O) groups excluding carboxylic acids is 2. The Balaban J connectivity index is 1.65. The molecule has 0 bridgehead atoms. The van der Waals surface area contributed by atoms with Gasteiger partial charge in [-0.05, 0) is 85.9 Å². The summed E-state index contributed by atoms with van der Waals surface area (Å²) in [6.45, 7) is 9.08. The Morgan fingerprint density at radius 3 is 2.50 bits per heavy atom. The summed E-state index contributed by atoms with van der Waals surface area (Å²) in [5.74, 6) is 4.71. The van der Waals surface area contributed by atoms with Crippen LogP contribution in [0.25, 0.3) is 0 Å². The molecule has 4 aliphatic rings. The molecule has 4 fully saturated rings. The lowest BCUT2D eigenvalue weighted by Gasteiger charge is -2.60. The number of hydrogen-bond acceptors (Lipinski definition) is 2. The fraction of sp³-hybridized carbons (Fsp3) is 0.909. The predicted octanol–water partition coefficient (Wildman–Crippen LogP) is 5.05. The molecule has 0 heterocycles. The lowest BCUT2D eigenvalue weighted by atomic mass is 9.44. The average Bonchev–Trinajstić information content (AvgIpc) is 2.78. The van der Waals surface area contributed by atoms with Crippen molar-refractivity contribution in [2.45, 2.75) is 79.1 Å². The standard InChI is InChI=1S/C22H34O2/c1-13-11-19-17-6-5-15-12-16(24)7-9-21(15,3)18(17)8-10-22(19,4)20(13)14(2)23/h13,15,17-20H,5-12H2,1-4H3/t13-,15+,17-,18+,19+,20-,21+,22+/m1/s1. The zero-order valence-corrected chi connectivity index (χ0v) is 15.9. The number of fused-ring (bicyclic) bond motifs is 5. The summed E-state index contributed by atoms with van der Waals surface area (Å²) in [6, 6.07) is 0. The first kappa shape index (κ1) is 16.8. The minimum absolute atomic E-state index is 0.236. The highest BCUT2D eigenvalue weighted by Crippen LogP contribution is 2.68. The summed E-state index contributed by atoms with van der Waals surface area (Å²) < 4.78 is 0. The van der Waals surface area contributed by atoms with Crippen LogP contribution in [-0.4, -0.2) is 11.6 Å². The van der Waals surface area contributed by atoms with Gasteiger partial charge in [0, 0.05) is 18.8 Å². The highest BCUT2D eigenvalue weighted by atomic mass is 16.1. The van der Waals surface area contributed by atoms with Crippen LogP contribution in [0.3, 0.4) is 0 Å². The number of rotatable bonds is 1. The summed E-state index contributed by atoms with van der Waals surface area (Å²) in [6.07, 6.45) is 9.08. The Morgan fingerprint density at radius 1 is 1.04 bits per heavy atom. The third kappa shape index (κ3) is 2.13. The van der Waals surface area contributed by atoms with E-state index in [1.165, 1.54) is 32.1 Å². The minimum Gasteiger partial charge on any atom is -0.300 e. The first-order valence-electron chi connectivity index (χ1n) is 10.3. The highest BCUT2D eigenvalue weighted by Gasteiger charge is 2.62. The quantitative estimate of drug-likeness (QED) is 0.674. The van der Waals surface area contributed by atoms with E-state index in [0.717, 1.165) is 37.0 Å². The molecule has 134 valence electrons. The highest BCUT2D eigenvalue weighted by molar-refractivity contribution is 5.80. The fourth-order valence-electron chi connectivity index (χ4n) is 8.27. The number of ketones is 2. The van der Waals surface area contributed by atoms with E-state index in [9.17, 15) is 9.59 Å². The minimum atomic E-state index is 0.236. The molecular weight excluding hydrogens is 296 g/mol. The van der Waals surface area contributed by atoms with Gasteiger partial charge >= 0.3 is 0 Å². The first-order valence-corrected chi connectivity index (χ1v) is 10.3. The summed E-state index contributed by atoms with van der Waals surface area (Å²) in [5, 5.41) is 0. The van der Waals surface area contributed by atoms with Gasteiger partial charge in [-0.25, -0.2) is 0 Å². The normalized spacial score (nSPS) is 53.9. The third-order valence-corrected chi connectivity index (χ3v) is 9.26. The summed E-state index contributed by atoms with van der Waals surface area (Å²) in [4.78, 5) is 24.3. The number of carbonyl (C=O) groups is 2. The molecule has 0 saturated heterocycles. The molecule has 4 aliphatic carbocycles. The van der Waals surface area contributed by atoms with Gasteiger partial charge in [-0.1, -0.05) is 20.8 Å². The van der Waals surface area contributed by atoms with Crippen LogP contribution in [0.4, 0.5) is 0 Å². The van der Waals surface area contributed by atoms with E-state index in [0.29, 0.717) is 28.8 Å². The predicted molar refractivity (Wildman–Crippen MR) is 95.5 cm³/mol. The van der Waals surface area contributed by atoms with Crippen molar-refractivity contribution in [1.29, 1.82) is 0 Å². The Bertz CT molecular complexity index is 566. The van der Waals surface area contributed by atoms with E-state index < -0.39 is 0 Å². The zero-order chi connectivity index (χ0) is 17.3. The molecule has 0 aliphatic heterocycles. The number of Topliss-reactive ketones (excluding diaryl/α,β-unsaturated/α-hetero) is 2. The Morgan fingerprint density at radius 2 is 1.79 bits per heavy atom. The molecular formula is C22H34O2. The van der Waals surface area contributed by atoms with Crippen LogP contribution in [0, 0.1) is 46.3 Å².